The summed E-state index contributed by atoms with van der Waals surface area (Å²) in [6.07, 6.45) is 1.75. The van der Waals surface area contributed by atoms with Crippen LogP contribution in [0.15, 0.2) is 0 Å². The fraction of sp³-hybridized carbons (Fsp3) is 0.727. The first-order valence-corrected chi connectivity index (χ1v) is 6.93. The zero-order valence-electron chi connectivity index (χ0n) is 10.6. The number of rotatable bonds is 4. The molecule has 1 unspecified atom stereocenters. The van der Waals surface area contributed by atoms with Crippen molar-refractivity contribution in [2.75, 3.05) is 18.5 Å². The second-order valence-electron chi connectivity index (χ2n) is 4.76. The maximum absolute atomic E-state index is 11.7. The van der Waals surface area contributed by atoms with E-state index in [0.29, 0.717) is 24.3 Å². The Morgan fingerprint density at radius 3 is 3.06 bits per heavy atom. The fourth-order valence-electron chi connectivity index (χ4n) is 1.70. The van der Waals surface area contributed by atoms with Gasteiger partial charge in [0.05, 0.1) is 12.6 Å². The summed E-state index contributed by atoms with van der Waals surface area (Å²) in [7, 11) is 0. The Morgan fingerprint density at radius 1 is 1.56 bits per heavy atom. The van der Waals surface area contributed by atoms with Gasteiger partial charge in [0.2, 0.25) is 5.13 Å². The first-order chi connectivity index (χ1) is 8.63. The summed E-state index contributed by atoms with van der Waals surface area (Å²) >= 11 is 1.42. The van der Waals surface area contributed by atoms with E-state index in [1.165, 1.54) is 11.3 Å². The molecule has 0 aliphatic carbocycles. The predicted octanol–water partition coefficient (Wildman–Crippen LogP) is 1.65. The Morgan fingerprint density at radius 2 is 2.39 bits per heavy atom. The number of urea groups is 1. The van der Waals surface area contributed by atoms with Crippen molar-refractivity contribution in [3.63, 3.8) is 0 Å². The van der Waals surface area contributed by atoms with E-state index in [-0.39, 0.29) is 12.1 Å². The Bertz CT molecular complexity index is 402. The molecule has 100 valence electrons. The largest absolute Gasteiger partial charge is 0.379 e. The molecular formula is C11H18N4O2S. The Labute approximate surface area is 110 Å². The van der Waals surface area contributed by atoms with E-state index in [2.05, 4.69) is 34.7 Å². The Balaban J connectivity index is 1.81. The third kappa shape index (κ3) is 3.92. The summed E-state index contributed by atoms with van der Waals surface area (Å²) in [4.78, 5) is 11.7. The minimum atomic E-state index is -0.238. The molecule has 2 N–H and O–H groups in total. The molecule has 1 aromatic rings. The molecule has 0 aromatic carbocycles. The lowest BCUT2D eigenvalue weighted by Crippen LogP contribution is -2.38. The van der Waals surface area contributed by atoms with E-state index in [1.807, 2.05) is 0 Å². The van der Waals surface area contributed by atoms with Crippen LogP contribution in [0.1, 0.15) is 25.3 Å². The SMILES string of the molecule is CC(C)Cc1nnc(NC(=O)NC2CCOC2)s1. The Hall–Kier alpha value is -1.21. The highest BCUT2D eigenvalue weighted by molar-refractivity contribution is 7.15. The van der Waals surface area contributed by atoms with E-state index in [9.17, 15) is 4.79 Å². The average molecular weight is 270 g/mol. The van der Waals surface area contributed by atoms with Gasteiger partial charge in [-0.25, -0.2) is 4.79 Å². The van der Waals surface area contributed by atoms with Crippen LogP contribution in [0.4, 0.5) is 9.93 Å². The molecule has 6 nitrogen and oxygen atoms in total. The summed E-state index contributed by atoms with van der Waals surface area (Å²) in [5, 5.41) is 15.0. The zero-order chi connectivity index (χ0) is 13.0. The molecule has 1 aliphatic rings. The summed E-state index contributed by atoms with van der Waals surface area (Å²) < 4.78 is 5.19. The van der Waals surface area contributed by atoms with Crippen LogP contribution in [0.2, 0.25) is 0 Å². The van der Waals surface area contributed by atoms with Gasteiger partial charge in [-0.3, -0.25) is 5.32 Å². The van der Waals surface area contributed by atoms with Crippen LogP contribution in [0.25, 0.3) is 0 Å². The quantitative estimate of drug-likeness (QED) is 0.872. The number of carbonyl (C=O) groups is 1. The maximum atomic E-state index is 11.7. The van der Waals surface area contributed by atoms with E-state index in [0.717, 1.165) is 17.8 Å². The summed E-state index contributed by atoms with van der Waals surface area (Å²) in [6.45, 7) is 5.55. The lowest BCUT2D eigenvalue weighted by molar-refractivity contribution is 0.189. The first-order valence-electron chi connectivity index (χ1n) is 6.11. The van der Waals surface area contributed by atoms with Gasteiger partial charge < -0.3 is 10.1 Å². The fourth-order valence-corrected chi connectivity index (χ4v) is 2.65. The zero-order valence-corrected chi connectivity index (χ0v) is 11.4. The number of hydrogen-bond donors (Lipinski definition) is 2. The lowest BCUT2D eigenvalue weighted by atomic mass is 10.1. The highest BCUT2D eigenvalue weighted by Crippen LogP contribution is 2.18. The molecule has 1 aliphatic heterocycles. The van der Waals surface area contributed by atoms with E-state index in [1.54, 1.807) is 0 Å². The van der Waals surface area contributed by atoms with Crippen LogP contribution in [-0.2, 0) is 11.2 Å². The lowest BCUT2D eigenvalue weighted by Gasteiger charge is -2.09. The molecule has 2 amide bonds. The number of anilines is 1. The molecule has 1 atom stereocenters. The van der Waals surface area contributed by atoms with Crippen molar-refractivity contribution in [3.05, 3.63) is 5.01 Å². The van der Waals surface area contributed by atoms with Gasteiger partial charge >= 0.3 is 6.03 Å². The topological polar surface area (TPSA) is 76.1 Å². The highest BCUT2D eigenvalue weighted by atomic mass is 32.1. The van der Waals surface area contributed by atoms with Crippen LogP contribution in [-0.4, -0.2) is 35.5 Å². The van der Waals surface area contributed by atoms with Gasteiger partial charge in [-0.2, -0.15) is 0 Å². The molecule has 0 spiro atoms. The van der Waals surface area contributed by atoms with Crippen molar-refractivity contribution in [1.29, 1.82) is 0 Å². The molecule has 0 bridgehead atoms. The van der Waals surface area contributed by atoms with Crippen LogP contribution < -0.4 is 10.6 Å². The molecule has 0 saturated carbocycles. The van der Waals surface area contributed by atoms with Crippen molar-refractivity contribution >= 4 is 22.5 Å². The van der Waals surface area contributed by atoms with Gasteiger partial charge in [-0.15, -0.1) is 10.2 Å². The Kier molecular flexibility index (Phi) is 4.48. The normalized spacial score (nSPS) is 19.2. The van der Waals surface area contributed by atoms with Gasteiger partial charge in [0.15, 0.2) is 0 Å². The third-order valence-electron chi connectivity index (χ3n) is 2.54. The van der Waals surface area contributed by atoms with Gasteiger partial charge in [-0.1, -0.05) is 25.2 Å². The number of carbonyl (C=O) groups excluding carboxylic acids is 1. The van der Waals surface area contributed by atoms with Gasteiger partial charge in [0, 0.05) is 13.0 Å². The molecule has 2 heterocycles. The van der Waals surface area contributed by atoms with E-state index >= 15 is 0 Å². The number of nitrogens with one attached hydrogen (secondary N) is 2. The smallest absolute Gasteiger partial charge is 0.321 e. The van der Waals surface area contributed by atoms with E-state index in [4.69, 9.17) is 4.74 Å². The van der Waals surface area contributed by atoms with Crippen molar-refractivity contribution in [1.82, 2.24) is 15.5 Å². The number of hydrogen-bond acceptors (Lipinski definition) is 5. The summed E-state index contributed by atoms with van der Waals surface area (Å²) in [6, 6.07) is -0.134. The predicted molar refractivity (Wildman–Crippen MR) is 69.8 cm³/mol. The van der Waals surface area contributed by atoms with Gasteiger partial charge in [0.25, 0.3) is 0 Å². The van der Waals surface area contributed by atoms with Crippen LogP contribution in [0, 0.1) is 5.92 Å². The summed E-state index contributed by atoms with van der Waals surface area (Å²) in [5.74, 6) is 0.537. The minimum absolute atomic E-state index is 0.105. The molecule has 7 heteroatoms. The van der Waals surface area contributed by atoms with Crippen LogP contribution in [0.5, 0.6) is 0 Å². The second kappa shape index (κ2) is 6.10. The summed E-state index contributed by atoms with van der Waals surface area (Å²) in [5.41, 5.74) is 0. The van der Waals surface area contributed by atoms with E-state index < -0.39 is 0 Å². The standard InChI is InChI=1S/C11H18N4O2S/c1-7(2)5-9-14-15-11(18-9)13-10(16)12-8-3-4-17-6-8/h7-8H,3-6H2,1-2H3,(H2,12,13,15,16). The number of aromatic nitrogens is 2. The van der Waals surface area contributed by atoms with Crippen molar-refractivity contribution < 1.29 is 9.53 Å². The van der Waals surface area contributed by atoms with Crippen molar-refractivity contribution in [3.8, 4) is 0 Å². The molecule has 1 saturated heterocycles. The van der Waals surface area contributed by atoms with Gasteiger partial charge in [-0.05, 0) is 12.3 Å². The number of ether oxygens (including phenoxy) is 1. The van der Waals surface area contributed by atoms with Crippen molar-refractivity contribution in [2.45, 2.75) is 32.7 Å². The molecule has 0 radical (unpaired) electrons. The minimum Gasteiger partial charge on any atom is -0.379 e. The average Bonchev–Trinajstić information content (AvgIpc) is 2.89. The molecule has 1 aromatic heterocycles. The first kappa shape index (κ1) is 13.2. The molecular weight excluding hydrogens is 252 g/mol. The molecule has 2 rings (SSSR count). The monoisotopic (exact) mass is 270 g/mol. The number of nitrogens with zero attached hydrogens (tertiary/aromatic N) is 2. The van der Waals surface area contributed by atoms with Crippen LogP contribution >= 0.6 is 11.3 Å². The maximum Gasteiger partial charge on any atom is 0.321 e. The van der Waals surface area contributed by atoms with Gasteiger partial charge in [0.1, 0.15) is 5.01 Å². The molecule has 1 fully saturated rings. The number of amides is 2. The molecule has 18 heavy (non-hydrogen) atoms. The third-order valence-corrected chi connectivity index (χ3v) is 3.40. The van der Waals surface area contributed by atoms with Crippen LogP contribution in [0.3, 0.4) is 0 Å². The van der Waals surface area contributed by atoms with Crippen molar-refractivity contribution in [2.24, 2.45) is 5.92 Å². The highest BCUT2D eigenvalue weighted by Gasteiger charge is 2.18. The second-order valence-corrected chi connectivity index (χ2v) is 5.82.